The van der Waals surface area contributed by atoms with Crippen molar-refractivity contribution in [2.75, 3.05) is 27.4 Å². The predicted molar refractivity (Wildman–Crippen MR) is 513 cm³/mol. The Morgan fingerprint density at radius 1 is 0.496 bits per heavy atom. The van der Waals surface area contributed by atoms with Gasteiger partial charge in [0, 0.05) is 171 Å². The molecule has 2 aromatic heterocycles. The number of aromatic amines is 2. The number of allylic oxidation sites excluding steroid dienone is 12. The first kappa shape index (κ1) is 98.5. The Balaban J connectivity index is 0.000000246. The number of ketones is 2. The highest BCUT2D eigenvalue weighted by molar-refractivity contribution is 6.22. The van der Waals surface area contributed by atoms with E-state index in [1.807, 2.05) is 56.4 Å². The third-order valence-corrected chi connectivity index (χ3v) is 29.6. The zero-order chi connectivity index (χ0) is 91.8. The first-order chi connectivity index (χ1) is 60.8. The van der Waals surface area contributed by atoms with Crippen molar-refractivity contribution in [1.82, 2.24) is 9.97 Å². The Morgan fingerprint density at radius 3 is 1.25 bits per heavy atom. The topological polar surface area (TPSA) is 262 Å². The van der Waals surface area contributed by atoms with Crippen LogP contribution in [0, 0.1) is 102 Å². The van der Waals surface area contributed by atoms with Crippen molar-refractivity contribution in [3.63, 3.8) is 0 Å². The summed E-state index contributed by atoms with van der Waals surface area (Å²) in [6, 6.07) is -1.19. The zero-order valence-corrected chi connectivity index (χ0v) is 80.4. The highest BCUT2D eigenvalue weighted by atomic mass is 16.5. The summed E-state index contributed by atoms with van der Waals surface area (Å²) in [4.78, 5) is 133. The molecule has 2 N–H and O–H groups in total. The van der Waals surface area contributed by atoms with Gasteiger partial charge in [-0.3, -0.25) is 63.5 Å². The Labute approximate surface area is 758 Å². The van der Waals surface area contributed by atoms with E-state index in [2.05, 4.69) is 133 Å². The van der Waals surface area contributed by atoms with Gasteiger partial charge in [0.25, 0.3) is 0 Å². The number of hydrogen-bond acceptors (Lipinski definition) is 17. The van der Waals surface area contributed by atoms with Gasteiger partial charge in [0.05, 0.1) is 37.7 Å². The van der Waals surface area contributed by atoms with E-state index >= 15 is 0 Å². The number of nitrogens with one attached hydrogen (secondary N) is 2. The van der Waals surface area contributed by atoms with Gasteiger partial charge in [-0.05, 0) is 186 Å². The second kappa shape index (κ2) is 45.4. The van der Waals surface area contributed by atoms with Crippen LogP contribution in [0.1, 0.15) is 302 Å². The minimum absolute atomic E-state index is 0.00854. The van der Waals surface area contributed by atoms with Crippen molar-refractivity contribution in [3.05, 3.63) is 163 Å². The molecular weight excluding hydrogens is 1590 g/mol. The van der Waals surface area contributed by atoms with Crippen molar-refractivity contribution in [1.29, 1.82) is 0 Å². The number of H-pyrrole nitrogens is 2. The highest BCUT2D eigenvalue weighted by Gasteiger charge is 2.59. The summed E-state index contributed by atoms with van der Waals surface area (Å²) in [7, 11) is 2.63. The SMILES string of the molecule is C=CC1C2=NC(=C1C)C=C1N=C(C(CCC(=O)OC/C=C(\C)CCCC(C)CCCC(C)CCCC(C)C)C1C)C1C3N=C(C=C3C(=O)C1C(=O)OC)Cc1[nH]c(c(C)c1CC)C2.C=CC1C2=NC(=C1C)C=C1N=C(C(CCC(=O)OC/C=C(\C)CCCC(C)CCCC(C)CCCC(C)C)C1C)C1C3N=C(C=C3C(=O)C1C(=O)OC)Cc1[nH]c(c(C=O)c1CC)C2. The van der Waals surface area contributed by atoms with Crippen LogP contribution in [-0.2, 0) is 86.2 Å². The summed E-state index contributed by atoms with van der Waals surface area (Å²) >= 11 is 0. The average Bonchev–Trinajstić information content (AvgIpc) is 1.57. The minimum Gasteiger partial charge on any atom is -0.468 e. The number of nitrogens with zero attached hydrogens (tertiary/aromatic N) is 6. The van der Waals surface area contributed by atoms with E-state index in [1.165, 1.54) is 126 Å². The second-order valence-electron chi connectivity index (χ2n) is 39.8. The normalized spacial score (nSPS) is 25.0. The fourth-order valence-corrected chi connectivity index (χ4v) is 21.7. The lowest BCUT2D eigenvalue weighted by Crippen LogP contribution is -2.37. The van der Waals surface area contributed by atoms with Gasteiger partial charge in [-0.2, -0.15) is 0 Å². The Kier molecular flexibility index (Phi) is 35.2. The molecular formula is C108H150N8O11. The van der Waals surface area contributed by atoms with Gasteiger partial charge in [-0.15, -0.1) is 13.2 Å². The lowest BCUT2D eigenvalue weighted by Gasteiger charge is -2.26. The molecule has 16 unspecified atom stereocenters. The fourth-order valence-electron chi connectivity index (χ4n) is 21.7. The molecule has 16 atom stereocenters. The molecule has 0 saturated heterocycles. The van der Waals surface area contributed by atoms with Gasteiger partial charge in [-0.1, -0.05) is 196 Å². The number of ether oxygens (including phenoxy) is 4. The molecule has 19 heteroatoms. The maximum Gasteiger partial charge on any atom is 0.317 e. The van der Waals surface area contributed by atoms with Crippen molar-refractivity contribution >= 4 is 76.0 Å². The molecule has 2 fully saturated rings. The van der Waals surface area contributed by atoms with E-state index in [-0.39, 0.29) is 85.1 Å². The number of aromatic nitrogens is 2. The lowest BCUT2D eigenvalue weighted by atomic mass is 9.77. The number of fused-ring (bicyclic) bond motifs is 10. The number of rotatable bonds is 41. The van der Waals surface area contributed by atoms with Crippen LogP contribution in [-0.4, -0.2) is 125 Å². The van der Waals surface area contributed by atoms with E-state index in [1.54, 1.807) is 0 Å². The molecule has 10 aliphatic rings. The first-order valence-corrected chi connectivity index (χ1v) is 48.6. The third kappa shape index (κ3) is 23.7. The number of aldehydes is 1. The minimum atomic E-state index is -1.11. The predicted octanol–water partition coefficient (Wildman–Crippen LogP) is 22.6. The van der Waals surface area contributed by atoms with Crippen LogP contribution in [0.25, 0.3) is 0 Å². The number of esters is 4. The lowest BCUT2D eigenvalue weighted by molar-refractivity contribution is -0.150. The maximum atomic E-state index is 14.2. The molecule has 16 bridgehead atoms. The van der Waals surface area contributed by atoms with E-state index in [0.717, 1.165) is 153 Å². The zero-order valence-electron chi connectivity index (χ0n) is 80.4. The molecule has 2 saturated carbocycles. The molecule has 12 rings (SSSR count). The monoisotopic (exact) mass is 1740 g/mol. The fraction of sp³-hybridized carbons (Fsp3) is 0.620. The summed E-state index contributed by atoms with van der Waals surface area (Å²) in [6.07, 6.45) is 44.0. The van der Waals surface area contributed by atoms with Gasteiger partial charge in [0.2, 0.25) is 0 Å². The van der Waals surface area contributed by atoms with Crippen LogP contribution in [0.3, 0.4) is 0 Å². The summed E-state index contributed by atoms with van der Waals surface area (Å²) < 4.78 is 22.1. The van der Waals surface area contributed by atoms with E-state index in [4.69, 9.17) is 48.9 Å². The van der Waals surface area contributed by atoms with E-state index in [0.29, 0.717) is 79.0 Å². The number of methoxy groups -OCH3 is 2. The average molecular weight is 1740 g/mol. The van der Waals surface area contributed by atoms with Gasteiger partial charge >= 0.3 is 23.9 Å². The van der Waals surface area contributed by atoms with E-state index in [9.17, 15) is 33.6 Å². The van der Waals surface area contributed by atoms with Gasteiger partial charge < -0.3 is 28.9 Å². The van der Waals surface area contributed by atoms with Gasteiger partial charge in [-0.25, -0.2) is 0 Å². The summed E-state index contributed by atoms with van der Waals surface area (Å²) in [5, 5.41) is 0. The Bertz CT molecular complexity index is 4900. The standard InChI is InChI=1S/C54H74N4O6.C54H76N4O5/c1-11-38-35(8)43-28-44-36(9)40(22-23-48(60)64-25-24-34(7)21-15-20-33(6)19-14-18-32(5)17-13-16-31(3)4)51(58-44)49-50(54(62)63-10)53(61)41-26-37(55-52(41)49)27-45-39(12-2)42(30-59)47(57-45)29-46(38)56-43;1-12-39-35(8)44-30-47-40(13-2)36(9)43(57-47)29-45-37(10)41(51(58-45)49-50(54(61)62-11)53(60)42-27-38(55-52(42)49)28-46(39)56-44)23-24-48(59)63-26-25-34(7)22-16-21-33(6)20-15-19-32(5)18-14-17-31(3)4/h11,24,26,28,30-33,36,38,40,49-50,52,57H,1,12-23,25,27,29H2,2-10H3;13,25,27,29,31-33,37,40-41,49-50,52,56H,2,12,14-24,26,28,30H2,1,3-11H3/b34-24+,44-28?;34-25+,45-29?. The smallest absolute Gasteiger partial charge is 0.317 e. The summed E-state index contributed by atoms with van der Waals surface area (Å²) in [5.41, 5.74) is 21.6. The van der Waals surface area contributed by atoms with E-state index < -0.39 is 47.7 Å². The van der Waals surface area contributed by atoms with Crippen LogP contribution in [0.4, 0.5) is 0 Å². The van der Waals surface area contributed by atoms with Crippen molar-refractivity contribution in [3.8, 4) is 0 Å². The van der Waals surface area contributed by atoms with Crippen LogP contribution < -0.4 is 0 Å². The van der Waals surface area contributed by atoms with Crippen LogP contribution in [0.15, 0.2) is 148 Å². The quantitative estimate of drug-likeness (QED) is 0.0208. The van der Waals surface area contributed by atoms with Gasteiger partial charge in [0.15, 0.2) is 17.9 Å². The van der Waals surface area contributed by atoms with Crippen LogP contribution in [0.5, 0.6) is 0 Å². The van der Waals surface area contributed by atoms with Crippen LogP contribution in [0.2, 0.25) is 0 Å². The summed E-state index contributed by atoms with van der Waals surface area (Å²) in [5.74, 6) is -2.04. The molecule has 8 aliphatic heterocycles. The molecule has 2 aliphatic carbocycles. The maximum absolute atomic E-state index is 14.2. The third-order valence-electron chi connectivity index (χ3n) is 29.6. The van der Waals surface area contributed by atoms with Gasteiger partial charge in [0.1, 0.15) is 25.0 Å². The molecule has 0 radical (unpaired) electrons. The van der Waals surface area contributed by atoms with Crippen LogP contribution >= 0.6 is 0 Å². The molecule has 19 nitrogen and oxygen atoms in total. The summed E-state index contributed by atoms with van der Waals surface area (Å²) in [6.45, 7) is 46.6. The molecule has 0 amide bonds. The molecule has 0 spiro atoms. The molecule has 0 aromatic carbocycles. The molecule has 2 aromatic rings. The number of carbonyl (C=O) groups excluding carboxylic acids is 7. The highest BCUT2D eigenvalue weighted by Crippen LogP contribution is 2.51. The Morgan fingerprint density at radius 2 is 0.874 bits per heavy atom. The van der Waals surface area contributed by atoms with Crippen molar-refractivity contribution in [2.45, 2.75) is 310 Å². The van der Waals surface area contributed by atoms with Crippen molar-refractivity contribution < 1.29 is 52.5 Å². The largest absolute Gasteiger partial charge is 0.468 e. The second-order valence-corrected chi connectivity index (χ2v) is 39.8. The number of aliphatic imine (C=N–C) groups is 6. The van der Waals surface area contributed by atoms with Crippen molar-refractivity contribution in [2.24, 2.45) is 125 Å². The number of hydrogen-bond donors (Lipinski definition) is 2. The Hall–Kier alpha value is -9.13. The molecule has 10 heterocycles. The first-order valence-electron chi connectivity index (χ1n) is 48.6. The molecule has 127 heavy (non-hydrogen) atoms. The number of carbonyl (C=O) groups is 7. The molecule has 688 valence electrons. The number of Topliss-reactive ketones (excluding diaryl/α,β-unsaturated/α-hetero) is 2.